The average Bonchev–Trinajstić information content (AvgIpc) is 3.15. The van der Waals surface area contributed by atoms with E-state index in [4.69, 9.17) is 4.74 Å². The van der Waals surface area contributed by atoms with E-state index in [0.717, 1.165) is 33.2 Å². The molecule has 1 unspecified atom stereocenters. The minimum Gasteiger partial charge on any atom is -0.445 e. The molecule has 28 heavy (non-hydrogen) atoms. The van der Waals surface area contributed by atoms with Crippen molar-refractivity contribution in [2.45, 2.75) is 32.5 Å². The second-order valence-electron chi connectivity index (χ2n) is 7.15. The lowest BCUT2D eigenvalue weighted by Gasteiger charge is -2.20. The zero-order chi connectivity index (χ0) is 19.7. The van der Waals surface area contributed by atoms with E-state index in [2.05, 4.69) is 21.6 Å². The number of rotatable bonds is 3. The zero-order valence-corrected chi connectivity index (χ0v) is 15.9. The number of hydrogen-bond donors (Lipinski definition) is 2. The number of benzene rings is 2. The Kier molecular flexibility index (Phi) is 4.73. The number of carbonyl (C=O) groups excluding carboxylic acids is 2. The Labute approximate surface area is 162 Å². The Balaban J connectivity index is 1.53. The molecule has 2 aromatic carbocycles. The van der Waals surface area contributed by atoms with Gasteiger partial charge < -0.3 is 15.0 Å². The van der Waals surface area contributed by atoms with Gasteiger partial charge in [-0.05, 0) is 29.2 Å². The number of fused-ring (bicyclic) bond motifs is 3. The van der Waals surface area contributed by atoms with E-state index in [1.54, 1.807) is 18.1 Å². The maximum absolute atomic E-state index is 12.8. The van der Waals surface area contributed by atoms with Crippen molar-refractivity contribution < 1.29 is 14.3 Å². The van der Waals surface area contributed by atoms with E-state index in [-0.39, 0.29) is 12.5 Å². The Morgan fingerprint density at radius 3 is 2.93 bits per heavy atom. The van der Waals surface area contributed by atoms with E-state index in [9.17, 15) is 9.59 Å². The summed E-state index contributed by atoms with van der Waals surface area (Å²) in [5.41, 5.74) is 5.04. The zero-order valence-electron chi connectivity index (χ0n) is 15.9. The summed E-state index contributed by atoms with van der Waals surface area (Å²) < 4.78 is 5.29. The fourth-order valence-electron chi connectivity index (χ4n) is 3.69. The predicted octanol–water partition coefficient (Wildman–Crippen LogP) is 2.68. The normalized spacial score (nSPS) is 16.6. The van der Waals surface area contributed by atoms with Crippen molar-refractivity contribution in [3.8, 4) is 0 Å². The van der Waals surface area contributed by atoms with Gasteiger partial charge in [0.1, 0.15) is 12.6 Å². The highest BCUT2D eigenvalue weighted by molar-refractivity contribution is 5.90. The smallest absolute Gasteiger partial charge is 0.408 e. The maximum Gasteiger partial charge on any atom is 0.408 e. The number of aromatic nitrogens is 2. The van der Waals surface area contributed by atoms with Gasteiger partial charge in [-0.15, -0.1) is 0 Å². The fourth-order valence-corrected chi connectivity index (χ4v) is 3.69. The number of aryl methyl sites for hydroxylation is 1. The van der Waals surface area contributed by atoms with Gasteiger partial charge in [0.2, 0.25) is 5.91 Å². The van der Waals surface area contributed by atoms with Crippen LogP contribution in [0.25, 0.3) is 10.9 Å². The van der Waals surface area contributed by atoms with Crippen molar-refractivity contribution in [1.29, 1.82) is 0 Å². The van der Waals surface area contributed by atoms with Crippen molar-refractivity contribution in [3.05, 3.63) is 64.8 Å². The predicted molar refractivity (Wildman–Crippen MR) is 105 cm³/mol. The van der Waals surface area contributed by atoms with Gasteiger partial charge in [0.25, 0.3) is 0 Å². The molecule has 0 saturated heterocycles. The summed E-state index contributed by atoms with van der Waals surface area (Å²) in [5, 5.41) is 10.9. The largest absolute Gasteiger partial charge is 0.445 e. The average molecular weight is 378 g/mol. The summed E-state index contributed by atoms with van der Waals surface area (Å²) in [6, 6.07) is 10.8. The van der Waals surface area contributed by atoms with Crippen LogP contribution in [0.4, 0.5) is 4.79 Å². The van der Waals surface area contributed by atoms with Crippen LogP contribution >= 0.6 is 0 Å². The van der Waals surface area contributed by atoms with Crippen LogP contribution in [0.15, 0.2) is 42.6 Å². The first-order chi connectivity index (χ1) is 13.5. The van der Waals surface area contributed by atoms with Gasteiger partial charge in [0, 0.05) is 25.4 Å². The number of hydrogen-bond acceptors (Lipinski definition) is 4. The summed E-state index contributed by atoms with van der Waals surface area (Å²) in [5.74, 6) is -0.137. The lowest BCUT2D eigenvalue weighted by molar-refractivity contribution is -0.132. The van der Waals surface area contributed by atoms with E-state index >= 15 is 0 Å². The molecule has 1 aliphatic heterocycles. The van der Waals surface area contributed by atoms with Crippen LogP contribution in [-0.2, 0) is 29.1 Å². The molecule has 0 radical (unpaired) electrons. The Morgan fingerprint density at radius 2 is 2.14 bits per heavy atom. The molecule has 4 rings (SSSR count). The second-order valence-corrected chi connectivity index (χ2v) is 7.15. The number of nitrogens with one attached hydrogen (secondary N) is 2. The molecule has 1 aromatic heterocycles. The number of amides is 2. The van der Waals surface area contributed by atoms with Gasteiger partial charge in [-0.3, -0.25) is 9.89 Å². The third-order valence-electron chi connectivity index (χ3n) is 5.14. The summed E-state index contributed by atoms with van der Waals surface area (Å²) in [6.07, 6.45) is 1.61. The van der Waals surface area contributed by atoms with E-state index in [1.807, 2.05) is 37.3 Å². The van der Waals surface area contributed by atoms with E-state index < -0.39 is 12.1 Å². The third-order valence-corrected chi connectivity index (χ3v) is 5.14. The van der Waals surface area contributed by atoms with Gasteiger partial charge in [0.15, 0.2) is 0 Å². The third kappa shape index (κ3) is 3.43. The highest BCUT2D eigenvalue weighted by Gasteiger charge is 2.30. The molecule has 7 nitrogen and oxygen atoms in total. The highest BCUT2D eigenvalue weighted by atomic mass is 16.5. The standard InChI is InChI=1S/C21H22N4O3/c1-13-8-15-9-18(23-21(27)28-12-14-6-4-3-5-7-14)20(26)25(2)11-17(15)16-10-22-24-19(13)16/h3-8,10,18H,9,11-12H2,1-2H3,(H,22,24)(H,23,27). The summed E-state index contributed by atoms with van der Waals surface area (Å²) in [6.45, 7) is 2.64. The van der Waals surface area contributed by atoms with Crippen molar-refractivity contribution in [2.75, 3.05) is 7.05 Å². The van der Waals surface area contributed by atoms with Crippen LogP contribution < -0.4 is 5.32 Å². The molecule has 0 bridgehead atoms. The van der Waals surface area contributed by atoms with Crippen LogP contribution in [0.5, 0.6) is 0 Å². The summed E-state index contributed by atoms with van der Waals surface area (Å²) in [7, 11) is 1.74. The van der Waals surface area contributed by atoms with Gasteiger partial charge in [-0.25, -0.2) is 4.79 Å². The molecular weight excluding hydrogens is 356 g/mol. The number of aromatic amines is 1. The molecule has 0 spiro atoms. The van der Waals surface area contributed by atoms with Crippen LogP contribution in [0, 0.1) is 6.92 Å². The number of likely N-dealkylation sites (N-methyl/N-ethyl adjacent to an activating group) is 1. The first-order valence-electron chi connectivity index (χ1n) is 9.19. The Bertz CT molecular complexity index is 1030. The molecule has 2 heterocycles. The molecular formula is C21H22N4O3. The number of nitrogens with zero attached hydrogens (tertiary/aromatic N) is 2. The molecule has 3 aromatic rings. The molecule has 1 atom stereocenters. The molecule has 2 amide bonds. The molecule has 7 heteroatoms. The Hall–Kier alpha value is -3.35. The minimum absolute atomic E-state index is 0.137. The molecule has 1 aliphatic rings. The van der Waals surface area contributed by atoms with Crippen molar-refractivity contribution in [2.24, 2.45) is 0 Å². The molecule has 0 saturated carbocycles. The first kappa shape index (κ1) is 18.0. The number of carbonyl (C=O) groups is 2. The van der Waals surface area contributed by atoms with Gasteiger partial charge in [0.05, 0.1) is 11.7 Å². The van der Waals surface area contributed by atoms with Gasteiger partial charge in [-0.2, -0.15) is 5.10 Å². The fraction of sp³-hybridized carbons (Fsp3) is 0.286. The molecule has 0 aliphatic carbocycles. The van der Waals surface area contributed by atoms with Gasteiger partial charge in [-0.1, -0.05) is 36.4 Å². The van der Waals surface area contributed by atoms with Gasteiger partial charge >= 0.3 is 6.09 Å². The lowest BCUT2D eigenvalue weighted by Crippen LogP contribution is -2.47. The minimum atomic E-state index is -0.668. The molecule has 144 valence electrons. The van der Waals surface area contributed by atoms with Crippen LogP contribution in [-0.4, -0.2) is 40.2 Å². The first-order valence-corrected chi connectivity index (χ1v) is 9.19. The number of ether oxygens (including phenoxy) is 1. The molecule has 2 N–H and O–H groups in total. The highest BCUT2D eigenvalue weighted by Crippen LogP contribution is 2.28. The number of alkyl carbamates (subject to hydrolysis) is 1. The topological polar surface area (TPSA) is 87.3 Å². The van der Waals surface area contributed by atoms with Crippen molar-refractivity contribution in [1.82, 2.24) is 20.4 Å². The second kappa shape index (κ2) is 7.34. The van der Waals surface area contributed by atoms with Crippen LogP contribution in [0.1, 0.15) is 22.3 Å². The van der Waals surface area contributed by atoms with Crippen molar-refractivity contribution >= 4 is 22.9 Å². The SMILES string of the molecule is Cc1cc2c(c3cn[nH]c13)CN(C)C(=O)C(NC(=O)OCc1ccccc1)C2. The molecule has 0 fully saturated rings. The quantitative estimate of drug-likeness (QED) is 0.734. The van der Waals surface area contributed by atoms with Crippen LogP contribution in [0.3, 0.4) is 0 Å². The van der Waals surface area contributed by atoms with Crippen molar-refractivity contribution in [3.63, 3.8) is 0 Å². The van der Waals surface area contributed by atoms with E-state index in [0.29, 0.717) is 13.0 Å². The maximum atomic E-state index is 12.8. The summed E-state index contributed by atoms with van der Waals surface area (Å²) in [4.78, 5) is 26.7. The summed E-state index contributed by atoms with van der Waals surface area (Å²) >= 11 is 0. The van der Waals surface area contributed by atoms with E-state index in [1.165, 1.54) is 0 Å². The number of H-pyrrole nitrogens is 1. The van der Waals surface area contributed by atoms with Crippen LogP contribution in [0.2, 0.25) is 0 Å². The monoisotopic (exact) mass is 378 g/mol. The Morgan fingerprint density at radius 1 is 1.36 bits per heavy atom. The lowest BCUT2D eigenvalue weighted by atomic mass is 9.96.